The number of likely N-dealkylation sites (tertiary alicyclic amines) is 1. The second-order valence-electron chi connectivity index (χ2n) is 9.13. The number of carbonyl (C=O) groups is 2. The first-order chi connectivity index (χ1) is 15.9. The van der Waals surface area contributed by atoms with E-state index in [-0.39, 0.29) is 12.5 Å². The largest absolute Gasteiger partial charge is 0.417 e. The van der Waals surface area contributed by atoms with Gasteiger partial charge in [0.2, 0.25) is 5.91 Å². The van der Waals surface area contributed by atoms with Crippen molar-refractivity contribution < 1.29 is 22.8 Å². The smallest absolute Gasteiger partial charge is 0.371 e. The summed E-state index contributed by atoms with van der Waals surface area (Å²) in [6.07, 6.45) is -1.99. The number of alkyl halides is 3. The molecule has 3 heterocycles. The Balaban J connectivity index is 1.54. The molecule has 2 aromatic rings. The molecule has 1 aromatic heterocycles. The van der Waals surface area contributed by atoms with Crippen LogP contribution < -0.4 is 10.6 Å². The van der Waals surface area contributed by atoms with E-state index in [4.69, 9.17) is 11.0 Å². The van der Waals surface area contributed by atoms with E-state index in [1.807, 2.05) is 4.90 Å². The van der Waals surface area contributed by atoms with Gasteiger partial charge in [0, 0.05) is 50.5 Å². The maximum atomic E-state index is 13.4. The Morgan fingerprint density at radius 3 is 2.47 bits per heavy atom. The molecule has 4 rings (SSSR count). The van der Waals surface area contributed by atoms with Gasteiger partial charge in [-0.15, -0.1) is 0 Å². The number of aryl methyl sites for hydroxylation is 2. The number of rotatable bonds is 3. The third-order valence-electron chi connectivity index (χ3n) is 7.08. The Bertz CT molecular complexity index is 1170. The molecule has 2 N–H and O–H groups in total. The van der Waals surface area contributed by atoms with Crippen LogP contribution in [-0.4, -0.2) is 52.7 Å². The molecule has 2 fully saturated rings. The van der Waals surface area contributed by atoms with Crippen molar-refractivity contribution in [1.82, 2.24) is 14.7 Å². The third kappa shape index (κ3) is 4.08. The summed E-state index contributed by atoms with van der Waals surface area (Å²) in [6.45, 7) is 3.11. The van der Waals surface area contributed by atoms with Crippen LogP contribution in [-0.2, 0) is 18.0 Å². The molecule has 1 unspecified atom stereocenters. The average Bonchev–Trinajstić information content (AvgIpc) is 3.32. The predicted octanol–water partition coefficient (Wildman–Crippen LogP) is 2.46. The zero-order chi connectivity index (χ0) is 24.8. The quantitative estimate of drug-likeness (QED) is 0.735. The van der Waals surface area contributed by atoms with Crippen LogP contribution in [0.1, 0.15) is 40.0 Å². The predicted molar refractivity (Wildman–Crippen MR) is 117 cm³/mol. The number of anilines is 1. The van der Waals surface area contributed by atoms with Gasteiger partial charge in [0.15, 0.2) is 0 Å². The maximum absolute atomic E-state index is 13.4. The standard InChI is InChI=1S/C23H25F3N6O2/c1-14-17(11-30(2)29-14)21(34)32-12-19(20(28)33)22(13-32)5-7-31(8-6-22)16-4-3-15(10-27)18(9-16)23(24,25)26/h3-4,9,11,19H,5-8,12-13H2,1-2H3,(H2,28,33). The van der Waals surface area contributed by atoms with Crippen LogP contribution in [0.4, 0.5) is 18.9 Å². The van der Waals surface area contributed by atoms with Crippen molar-refractivity contribution in [2.75, 3.05) is 31.1 Å². The van der Waals surface area contributed by atoms with Crippen molar-refractivity contribution in [3.05, 3.63) is 46.8 Å². The molecule has 180 valence electrons. The Kier molecular flexibility index (Phi) is 5.79. The number of carbonyl (C=O) groups excluding carboxylic acids is 2. The SMILES string of the molecule is Cc1nn(C)cc1C(=O)N1CC(C(N)=O)C2(CCN(c3ccc(C#N)c(C(F)(F)F)c3)CC2)C1. The molecule has 2 saturated heterocycles. The molecular weight excluding hydrogens is 449 g/mol. The van der Waals surface area contributed by atoms with E-state index in [1.165, 1.54) is 12.1 Å². The van der Waals surface area contributed by atoms with Crippen LogP contribution in [0.5, 0.6) is 0 Å². The number of benzene rings is 1. The van der Waals surface area contributed by atoms with Crippen LogP contribution in [0.25, 0.3) is 0 Å². The molecule has 0 radical (unpaired) electrons. The molecule has 2 aliphatic rings. The zero-order valence-electron chi connectivity index (χ0n) is 18.9. The lowest BCUT2D eigenvalue weighted by molar-refractivity contribution is -0.137. The number of halogens is 3. The molecule has 2 amide bonds. The van der Waals surface area contributed by atoms with E-state index in [0.717, 1.165) is 6.07 Å². The van der Waals surface area contributed by atoms with Crippen molar-refractivity contribution >= 4 is 17.5 Å². The number of primary amides is 1. The van der Waals surface area contributed by atoms with Crippen molar-refractivity contribution in [2.45, 2.75) is 25.9 Å². The summed E-state index contributed by atoms with van der Waals surface area (Å²) in [4.78, 5) is 28.9. The number of amides is 2. The monoisotopic (exact) mass is 474 g/mol. The fourth-order valence-electron chi connectivity index (χ4n) is 5.27. The fourth-order valence-corrected chi connectivity index (χ4v) is 5.27. The van der Waals surface area contributed by atoms with E-state index >= 15 is 0 Å². The highest BCUT2D eigenvalue weighted by atomic mass is 19.4. The van der Waals surface area contributed by atoms with Gasteiger partial charge in [-0.05, 0) is 38.0 Å². The zero-order valence-corrected chi connectivity index (χ0v) is 18.9. The first kappa shape index (κ1) is 23.6. The second-order valence-corrected chi connectivity index (χ2v) is 9.13. The Morgan fingerprint density at radius 1 is 1.26 bits per heavy atom. The van der Waals surface area contributed by atoms with Gasteiger partial charge in [-0.3, -0.25) is 14.3 Å². The molecule has 0 bridgehead atoms. The highest BCUT2D eigenvalue weighted by molar-refractivity contribution is 5.96. The van der Waals surface area contributed by atoms with Crippen LogP contribution >= 0.6 is 0 Å². The molecule has 0 aliphatic carbocycles. The van der Waals surface area contributed by atoms with Gasteiger partial charge < -0.3 is 15.5 Å². The molecule has 1 spiro atoms. The summed E-state index contributed by atoms with van der Waals surface area (Å²) in [6, 6.07) is 5.28. The van der Waals surface area contributed by atoms with Gasteiger partial charge in [0.25, 0.3) is 5.91 Å². The van der Waals surface area contributed by atoms with Crippen molar-refractivity contribution in [1.29, 1.82) is 5.26 Å². The minimum Gasteiger partial charge on any atom is -0.371 e. The van der Waals surface area contributed by atoms with Gasteiger partial charge in [-0.2, -0.15) is 23.5 Å². The van der Waals surface area contributed by atoms with E-state index < -0.39 is 34.5 Å². The van der Waals surface area contributed by atoms with E-state index in [0.29, 0.717) is 49.4 Å². The molecule has 1 atom stereocenters. The van der Waals surface area contributed by atoms with E-state index in [2.05, 4.69) is 5.10 Å². The molecule has 34 heavy (non-hydrogen) atoms. The van der Waals surface area contributed by atoms with E-state index in [1.54, 1.807) is 35.8 Å². The lowest BCUT2D eigenvalue weighted by Crippen LogP contribution is -2.47. The molecular formula is C23H25F3N6O2. The van der Waals surface area contributed by atoms with Gasteiger partial charge in [0.05, 0.1) is 34.4 Å². The highest BCUT2D eigenvalue weighted by Crippen LogP contribution is 2.46. The number of nitriles is 1. The van der Waals surface area contributed by atoms with Gasteiger partial charge >= 0.3 is 6.18 Å². The van der Waals surface area contributed by atoms with Crippen molar-refractivity contribution in [2.24, 2.45) is 24.1 Å². The minimum absolute atomic E-state index is 0.206. The summed E-state index contributed by atoms with van der Waals surface area (Å²) in [5.74, 6) is -1.23. The number of nitrogens with zero attached hydrogens (tertiary/aromatic N) is 5. The van der Waals surface area contributed by atoms with Crippen LogP contribution in [0.3, 0.4) is 0 Å². The topological polar surface area (TPSA) is 108 Å². The van der Waals surface area contributed by atoms with Gasteiger partial charge in [-0.1, -0.05) is 0 Å². The highest BCUT2D eigenvalue weighted by Gasteiger charge is 2.52. The lowest BCUT2D eigenvalue weighted by Gasteiger charge is -2.42. The summed E-state index contributed by atoms with van der Waals surface area (Å²) in [5, 5.41) is 13.2. The second kappa shape index (κ2) is 8.34. The molecule has 1 aromatic carbocycles. The van der Waals surface area contributed by atoms with Crippen LogP contribution in [0.15, 0.2) is 24.4 Å². The normalized spacial score (nSPS) is 19.9. The average molecular weight is 474 g/mol. The van der Waals surface area contributed by atoms with Crippen LogP contribution in [0, 0.1) is 29.6 Å². The summed E-state index contributed by atoms with van der Waals surface area (Å²) in [5.41, 5.74) is 5.24. The number of hydrogen-bond acceptors (Lipinski definition) is 5. The Hall–Kier alpha value is -3.55. The Labute approximate surface area is 194 Å². The lowest BCUT2D eigenvalue weighted by atomic mass is 9.70. The molecule has 2 aliphatic heterocycles. The number of nitrogens with two attached hydrogens (primary N) is 1. The summed E-state index contributed by atoms with van der Waals surface area (Å²) in [7, 11) is 1.73. The Morgan fingerprint density at radius 2 is 1.94 bits per heavy atom. The first-order valence-corrected chi connectivity index (χ1v) is 10.9. The third-order valence-corrected chi connectivity index (χ3v) is 7.08. The van der Waals surface area contributed by atoms with E-state index in [9.17, 15) is 22.8 Å². The fraction of sp³-hybridized carbons (Fsp3) is 0.478. The summed E-state index contributed by atoms with van der Waals surface area (Å²) >= 11 is 0. The van der Waals surface area contributed by atoms with Crippen molar-refractivity contribution in [3.63, 3.8) is 0 Å². The molecule has 11 heteroatoms. The number of aromatic nitrogens is 2. The van der Waals surface area contributed by atoms with Crippen LogP contribution in [0.2, 0.25) is 0 Å². The van der Waals surface area contributed by atoms with Gasteiger partial charge in [0.1, 0.15) is 0 Å². The number of hydrogen-bond donors (Lipinski definition) is 1. The first-order valence-electron chi connectivity index (χ1n) is 10.9. The van der Waals surface area contributed by atoms with Gasteiger partial charge in [-0.25, -0.2) is 0 Å². The molecule has 8 nitrogen and oxygen atoms in total. The summed E-state index contributed by atoms with van der Waals surface area (Å²) < 4.78 is 41.7. The maximum Gasteiger partial charge on any atom is 0.417 e. The van der Waals surface area contributed by atoms with Crippen molar-refractivity contribution in [3.8, 4) is 6.07 Å². The molecule has 0 saturated carbocycles. The minimum atomic E-state index is -4.63. The number of piperidine rings is 1.